The van der Waals surface area contributed by atoms with Crippen molar-refractivity contribution in [3.8, 4) is 0 Å². The lowest BCUT2D eigenvalue weighted by molar-refractivity contribution is -0.130. The molecule has 24 heavy (non-hydrogen) atoms. The molecule has 1 amide bonds. The van der Waals surface area contributed by atoms with Crippen molar-refractivity contribution in [1.82, 2.24) is 15.1 Å². The third kappa shape index (κ3) is 5.88. The van der Waals surface area contributed by atoms with E-state index in [-0.39, 0.29) is 5.91 Å². The number of ether oxygens (including phenoxy) is 1. The first-order valence-corrected chi connectivity index (χ1v) is 8.59. The summed E-state index contributed by atoms with van der Waals surface area (Å²) >= 11 is 0. The van der Waals surface area contributed by atoms with Gasteiger partial charge >= 0.3 is 0 Å². The molecule has 0 bridgehead atoms. The van der Waals surface area contributed by atoms with Crippen LogP contribution in [0.4, 0.5) is 0 Å². The summed E-state index contributed by atoms with van der Waals surface area (Å²) in [6.07, 6.45) is 2.51. The second kappa shape index (κ2) is 9.97. The number of piperazine rings is 1. The van der Waals surface area contributed by atoms with Gasteiger partial charge in [-0.05, 0) is 25.5 Å². The molecule has 1 aliphatic rings. The Kier molecular flexibility index (Phi) is 7.61. The predicted molar refractivity (Wildman–Crippen MR) is 92.8 cm³/mol. The molecule has 0 atom stereocenters. The monoisotopic (exact) mass is 336 g/mol. The molecular weight excluding hydrogens is 308 g/mol. The highest BCUT2D eigenvalue weighted by atomic mass is 16.5. The van der Waals surface area contributed by atoms with E-state index in [0.29, 0.717) is 19.8 Å². The number of hydrogen-bond donors (Lipinski definition) is 1. The molecule has 7 heteroatoms. The highest BCUT2D eigenvalue weighted by Crippen LogP contribution is 2.04. The lowest BCUT2D eigenvalue weighted by atomic mass is 10.3. The van der Waals surface area contributed by atoms with Crippen LogP contribution in [0, 0.1) is 0 Å². The molecule has 1 saturated heterocycles. The third-order valence-corrected chi connectivity index (χ3v) is 3.89. The van der Waals surface area contributed by atoms with Crippen molar-refractivity contribution >= 4 is 11.9 Å². The number of nitrogens with one attached hydrogen (secondary N) is 1. The van der Waals surface area contributed by atoms with Gasteiger partial charge in [0, 0.05) is 52.8 Å². The number of rotatable bonds is 7. The number of guanidine groups is 1. The normalized spacial score (nSPS) is 15.7. The van der Waals surface area contributed by atoms with Crippen LogP contribution in [0.3, 0.4) is 0 Å². The quantitative estimate of drug-likeness (QED) is 0.462. The molecule has 0 saturated carbocycles. The minimum absolute atomic E-state index is 0.144. The van der Waals surface area contributed by atoms with Gasteiger partial charge in [-0.15, -0.1) is 0 Å². The van der Waals surface area contributed by atoms with E-state index in [1.54, 1.807) is 13.2 Å². The summed E-state index contributed by atoms with van der Waals surface area (Å²) in [4.78, 5) is 20.2. The highest BCUT2D eigenvalue weighted by molar-refractivity contribution is 5.80. The number of aliphatic imine (C=N–C) groups is 1. The Labute approximate surface area is 143 Å². The van der Waals surface area contributed by atoms with E-state index in [4.69, 9.17) is 9.15 Å². The minimum Gasteiger partial charge on any atom is -0.467 e. The van der Waals surface area contributed by atoms with Crippen LogP contribution < -0.4 is 5.32 Å². The molecule has 0 aromatic carbocycles. The minimum atomic E-state index is 0.144. The third-order valence-electron chi connectivity index (χ3n) is 3.89. The van der Waals surface area contributed by atoms with E-state index in [2.05, 4.69) is 22.1 Å². The molecule has 0 unspecified atom stereocenters. The smallest absolute Gasteiger partial charge is 0.219 e. The molecule has 1 N–H and O–H groups in total. The standard InChI is InChI=1S/C17H28N4O3/c1-3-18-17(21-10-8-20(9-11-21)15(2)22)19-7-5-12-23-14-16-6-4-13-24-16/h4,6,13H,3,5,7-12,14H2,1-2H3,(H,18,19). The highest BCUT2D eigenvalue weighted by Gasteiger charge is 2.20. The molecule has 1 aromatic rings. The maximum absolute atomic E-state index is 11.4. The Balaban J connectivity index is 1.69. The molecule has 0 radical (unpaired) electrons. The van der Waals surface area contributed by atoms with Crippen LogP contribution in [0.25, 0.3) is 0 Å². The van der Waals surface area contributed by atoms with E-state index in [9.17, 15) is 4.79 Å². The average molecular weight is 336 g/mol. The largest absolute Gasteiger partial charge is 0.467 e. The fourth-order valence-corrected chi connectivity index (χ4v) is 2.58. The lowest BCUT2D eigenvalue weighted by Gasteiger charge is -2.36. The molecular formula is C17H28N4O3. The second-order valence-corrected chi connectivity index (χ2v) is 5.71. The van der Waals surface area contributed by atoms with Crippen LogP contribution in [0.1, 0.15) is 26.0 Å². The number of carbonyl (C=O) groups excluding carboxylic acids is 1. The number of amides is 1. The fourth-order valence-electron chi connectivity index (χ4n) is 2.58. The van der Waals surface area contributed by atoms with E-state index >= 15 is 0 Å². The Morgan fingerprint density at radius 1 is 1.33 bits per heavy atom. The number of nitrogens with zero attached hydrogens (tertiary/aromatic N) is 3. The molecule has 0 spiro atoms. The van der Waals surface area contributed by atoms with Crippen LogP contribution in [0.2, 0.25) is 0 Å². The molecule has 1 fully saturated rings. The average Bonchev–Trinajstić information content (AvgIpc) is 3.10. The van der Waals surface area contributed by atoms with Crippen molar-refractivity contribution in [1.29, 1.82) is 0 Å². The van der Waals surface area contributed by atoms with Gasteiger partial charge in [0.25, 0.3) is 0 Å². The maximum Gasteiger partial charge on any atom is 0.219 e. The zero-order chi connectivity index (χ0) is 17.2. The number of furan rings is 1. The summed E-state index contributed by atoms with van der Waals surface area (Å²) in [5.41, 5.74) is 0. The van der Waals surface area contributed by atoms with Crippen LogP contribution in [-0.2, 0) is 16.1 Å². The topological polar surface area (TPSA) is 70.3 Å². The van der Waals surface area contributed by atoms with Gasteiger partial charge in [-0.2, -0.15) is 0 Å². The van der Waals surface area contributed by atoms with Crippen molar-refractivity contribution in [2.45, 2.75) is 26.9 Å². The zero-order valence-electron chi connectivity index (χ0n) is 14.7. The van der Waals surface area contributed by atoms with Gasteiger partial charge in [-0.3, -0.25) is 9.79 Å². The Morgan fingerprint density at radius 3 is 2.71 bits per heavy atom. The Morgan fingerprint density at radius 2 is 2.08 bits per heavy atom. The summed E-state index contributed by atoms with van der Waals surface area (Å²) in [6, 6.07) is 3.76. The zero-order valence-corrected chi connectivity index (χ0v) is 14.7. The van der Waals surface area contributed by atoms with Gasteiger partial charge in [0.15, 0.2) is 5.96 Å². The Hall–Kier alpha value is -2.02. The summed E-state index contributed by atoms with van der Waals surface area (Å²) in [6.45, 7) is 9.55. The van der Waals surface area contributed by atoms with Crippen LogP contribution in [0.15, 0.2) is 27.8 Å². The summed E-state index contributed by atoms with van der Waals surface area (Å²) in [5, 5.41) is 3.33. The summed E-state index contributed by atoms with van der Waals surface area (Å²) in [7, 11) is 0. The number of hydrogen-bond acceptors (Lipinski definition) is 4. The SMILES string of the molecule is CCNC(=NCCCOCc1ccco1)N1CCN(C(C)=O)CC1. The van der Waals surface area contributed by atoms with Crippen molar-refractivity contribution in [2.75, 3.05) is 45.9 Å². The van der Waals surface area contributed by atoms with Gasteiger partial charge in [-0.1, -0.05) is 0 Å². The molecule has 0 aliphatic carbocycles. The summed E-state index contributed by atoms with van der Waals surface area (Å²) in [5.74, 6) is 1.91. The predicted octanol–water partition coefficient (Wildman–Crippen LogP) is 1.32. The molecule has 134 valence electrons. The van der Waals surface area contributed by atoms with E-state index in [0.717, 1.165) is 50.9 Å². The van der Waals surface area contributed by atoms with Crippen LogP contribution >= 0.6 is 0 Å². The van der Waals surface area contributed by atoms with Crippen molar-refractivity contribution in [2.24, 2.45) is 4.99 Å². The molecule has 7 nitrogen and oxygen atoms in total. The van der Waals surface area contributed by atoms with Crippen LogP contribution in [-0.4, -0.2) is 67.5 Å². The van der Waals surface area contributed by atoms with Crippen molar-refractivity contribution in [3.63, 3.8) is 0 Å². The van der Waals surface area contributed by atoms with Gasteiger partial charge in [-0.25, -0.2) is 0 Å². The van der Waals surface area contributed by atoms with Crippen LogP contribution in [0.5, 0.6) is 0 Å². The molecule has 1 aliphatic heterocycles. The van der Waals surface area contributed by atoms with Gasteiger partial charge in [0.1, 0.15) is 12.4 Å². The van der Waals surface area contributed by atoms with Gasteiger partial charge in [0.05, 0.1) is 6.26 Å². The molecule has 2 heterocycles. The summed E-state index contributed by atoms with van der Waals surface area (Å²) < 4.78 is 10.8. The second-order valence-electron chi connectivity index (χ2n) is 5.71. The molecule has 2 rings (SSSR count). The van der Waals surface area contributed by atoms with Gasteiger partial charge < -0.3 is 24.3 Å². The van der Waals surface area contributed by atoms with E-state index < -0.39 is 0 Å². The van der Waals surface area contributed by atoms with E-state index in [1.807, 2.05) is 17.0 Å². The first kappa shape index (κ1) is 18.3. The van der Waals surface area contributed by atoms with Gasteiger partial charge in [0.2, 0.25) is 5.91 Å². The lowest BCUT2D eigenvalue weighted by Crippen LogP contribution is -2.53. The van der Waals surface area contributed by atoms with Crippen molar-refractivity contribution in [3.05, 3.63) is 24.2 Å². The maximum atomic E-state index is 11.4. The fraction of sp³-hybridized carbons (Fsp3) is 0.647. The number of carbonyl (C=O) groups is 1. The first-order chi connectivity index (χ1) is 11.7. The van der Waals surface area contributed by atoms with Crippen molar-refractivity contribution < 1.29 is 13.9 Å². The molecule has 1 aromatic heterocycles. The van der Waals surface area contributed by atoms with E-state index in [1.165, 1.54) is 0 Å². The first-order valence-electron chi connectivity index (χ1n) is 8.59. The Bertz CT molecular complexity index is 508.